The summed E-state index contributed by atoms with van der Waals surface area (Å²) in [5, 5.41) is 18.8. The van der Waals surface area contributed by atoms with Gasteiger partial charge >= 0.3 is 0 Å². The van der Waals surface area contributed by atoms with Gasteiger partial charge in [-0.1, -0.05) is 54.6 Å². The van der Waals surface area contributed by atoms with Crippen LogP contribution in [-0.2, 0) is 0 Å². The molecular weight excluding hydrogens is 214 g/mol. The lowest BCUT2D eigenvalue weighted by Crippen LogP contribution is -2.99. The second-order valence-electron chi connectivity index (χ2n) is 3.67. The van der Waals surface area contributed by atoms with Crippen LogP contribution in [0.3, 0.4) is 0 Å². The van der Waals surface area contributed by atoms with Crippen molar-refractivity contribution in [2.24, 2.45) is 0 Å². The van der Waals surface area contributed by atoms with Crippen LogP contribution in [0.15, 0.2) is 54.6 Å². The van der Waals surface area contributed by atoms with Gasteiger partial charge in [-0.05, 0) is 11.1 Å². The van der Waals surface area contributed by atoms with E-state index in [-0.39, 0.29) is 0 Å². The molecule has 2 rings (SSSR count). The Balaban J connectivity index is 2.19. The standard InChI is InChI=1S/C14H13NO2/c16-15(17)14-8-4-7-13(11-14)10-9-12-5-2-1-3-6-12/h1-11,15-16H. The van der Waals surface area contributed by atoms with Crippen LogP contribution in [0.25, 0.3) is 12.2 Å². The zero-order valence-corrected chi connectivity index (χ0v) is 9.21. The number of benzene rings is 2. The predicted octanol–water partition coefficient (Wildman–Crippen LogP) is 2.26. The number of hydrogen-bond donors (Lipinski definition) is 2. The summed E-state index contributed by atoms with van der Waals surface area (Å²) >= 11 is 0. The minimum atomic E-state index is -0.903. The Morgan fingerprint density at radius 1 is 0.882 bits per heavy atom. The molecule has 86 valence electrons. The summed E-state index contributed by atoms with van der Waals surface area (Å²) in [5.41, 5.74) is 2.28. The average Bonchev–Trinajstić information content (AvgIpc) is 2.38. The van der Waals surface area contributed by atoms with Crippen LogP contribution in [0.5, 0.6) is 0 Å². The molecule has 0 saturated carbocycles. The van der Waals surface area contributed by atoms with E-state index in [1.165, 1.54) is 0 Å². The van der Waals surface area contributed by atoms with Crippen LogP contribution in [0.4, 0.5) is 5.69 Å². The highest BCUT2D eigenvalue weighted by molar-refractivity contribution is 5.70. The van der Waals surface area contributed by atoms with Gasteiger partial charge in [0.1, 0.15) is 0 Å². The number of hydrogen-bond acceptors (Lipinski definition) is 2. The smallest absolute Gasteiger partial charge is 0.164 e. The first-order valence-corrected chi connectivity index (χ1v) is 5.32. The number of nitrogens with one attached hydrogen (secondary N) is 1. The van der Waals surface area contributed by atoms with Gasteiger partial charge in [0.15, 0.2) is 5.69 Å². The molecule has 0 radical (unpaired) electrons. The third kappa shape index (κ3) is 3.26. The third-order valence-corrected chi connectivity index (χ3v) is 2.40. The van der Waals surface area contributed by atoms with Gasteiger partial charge in [-0.25, -0.2) is 5.21 Å². The summed E-state index contributed by atoms with van der Waals surface area (Å²) in [5.74, 6) is 0. The molecule has 0 fully saturated rings. The first-order valence-electron chi connectivity index (χ1n) is 5.32. The van der Waals surface area contributed by atoms with E-state index in [1.807, 2.05) is 48.6 Å². The fourth-order valence-corrected chi connectivity index (χ4v) is 1.53. The van der Waals surface area contributed by atoms with Gasteiger partial charge in [0.2, 0.25) is 0 Å². The van der Waals surface area contributed by atoms with Gasteiger partial charge in [0.05, 0.1) is 0 Å². The Morgan fingerprint density at radius 2 is 1.53 bits per heavy atom. The molecule has 1 atom stereocenters. The zero-order chi connectivity index (χ0) is 12.1. The molecule has 0 aliphatic heterocycles. The van der Waals surface area contributed by atoms with Gasteiger partial charge in [0, 0.05) is 12.1 Å². The second kappa shape index (κ2) is 5.41. The van der Waals surface area contributed by atoms with Crippen molar-refractivity contribution in [3.8, 4) is 0 Å². The van der Waals surface area contributed by atoms with E-state index in [4.69, 9.17) is 5.21 Å². The van der Waals surface area contributed by atoms with E-state index < -0.39 is 5.23 Å². The molecule has 0 amide bonds. The largest absolute Gasteiger partial charge is 0.595 e. The monoisotopic (exact) mass is 227 g/mol. The average molecular weight is 227 g/mol. The highest BCUT2D eigenvalue weighted by Crippen LogP contribution is 2.10. The second-order valence-corrected chi connectivity index (χ2v) is 3.67. The summed E-state index contributed by atoms with van der Waals surface area (Å²) in [6.45, 7) is 0. The van der Waals surface area contributed by atoms with Gasteiger partial charge < -0.3 is 5.21 Å². The Kier molecular flexibility index (Phi) is 3.67. The first kappa shape index (κ1) is 11.5. The molecule has 2 aromatic rings. The molecule has 2 N–H and O–H groups in total. The fraction of sp³-hybridized carbons (Fsp3) is 0. The lowest BCUT2D eigenvalue weighted by Gasteiger charge is -2.11. The quantitative estimate of drug-likeness (QED) is 0.624. The van der Waals surface area contributed by atoms with Crippen LogP contribution in [0, 0.1) is 5.21 Å². The van der Waals surface area contributed by atoms with Crippen molar-refractivity contribution in [2.75, 3.05) is 0 Å². The minimum absolute atomic E-state index is 0.306. The van der Waals surface area contributed by atoms with Crippen molar-refractivity contribution >= 4 is 17.8 Å². The van der Waals surface area contributed by atoms with E-state index in [9.17, 15) is 5.21 Å². The first-order chi connectivity index (χ1) is 8.25. The molecular formula is C14H13NO2. The lowest BCUT2D eigenvalue weighted by atomic mass is 10.1. The van der Waals surface area contributed by atoms with Crippen molar-refractivity contribution in [3.05, 3.63) is 70.9 Å². The SMILES string of the molecule is [O-][NH+](O)c1cccc(C=Cc2ccccc2)c1. The summed E-state index contributed by atoms with van der Waals surface area (Å²) in [6, 6.07) is 16.8. The molecule has 3 heteroatoms. The Bertz CT molecular complexity index is 507. The molecule has 0 heterocycles. The van der Waals surface area contributed by atoms with Gasteiger partial charge in [-0.2, -0.15) is 5.23 Å². The molecule has 0 spiro atoms. The van der Waals surface area contributed by atoms with Crippen LogP contribution in [0.1, 0.15) is 11.1 Å². The Labute approximate surface area is 99.8 Å². The van der Waals surface area contributed by atoms with E-state index >= 15 is 0 Å². The van der Waals surface area contributed by atoms with Crippen molar-refractivity contribution in [3.63, 3.8) is 0 Å². The van der Waals surface area contributed by atoms with Crippen molar-refractivity contribution < 1.29 is 10.4 Å². The Morgan fingerprint density at radius 3 is 2.24 bits per heavy atom. The topological polar surface area (TPSA) is 47.7 Å². The summed E-state index contributed by atoms with van der Waals surface area (Å²) < 4.78 is 0. The third-order valence-electron chi connectivity index (χ3n) is 2.40. The van der Waals surface area contributed by atoms with Crippen molar-refractivity contribution in [2.45, 2.75) is 0 Å². The maximum Gasteiger partial charge on any atom is 0.164 e. The normalized spacial score (nSPS) is 12.8. The van der Waals surface area contributed by atoms with Crippen molar-refractivity contribution in [1.82, 2.24) is 0 Å². The molecule has 0 bridgehead atoms. The molecule has 0 aliphatic rings. The van der Waals surface area contributed by atoms with Crippen LogP contribution < -0.4 is 5.23 Å². The van der Waals surface area contributed by atoms with E-state index in [0.29, 0.717) is 5.69 Å². The van der Waals surface area contributed by atoms with Crippen LogP contribution >= 0.6 is 0 Å². The van der Waals surface area contributed by atoms with Crippen molar-refractivity contribution in [1.29, 1.82) is 0 Å². The van der Waals surface area contributed by atoms with E-state index in [0.717, 1.165) is 11.1 Å². The van der Waals surface area contributed by atoms with E-state index in [1.54, 1.807) is 18.2 Å². The maximum absolute atomic E-state index is 10.8. The summed E-state index contributed by atoms with van der Waals surface area (Å²) in [7, 11) is 0. The molecule has 0 aliphatic carbocycles. The van der Waals surface area contributed by atoms with Gasteiger partial charge in [0.25, 0.3) is 0 Å². The highest BCUT2D eigenvalue weighted by atomic mass is 16.8. The van der Waals surface area contributed by atoms with Gasteiger partial charge in [-0.15, -0.1) is 0 Å². The zero-order valence-electron chi connectivity index (χ0n) is 9.21. The molecule has 2 aromatic carbocycles. The fourth-order valence-electron chi connectivity index (χ4n) is 1.53. The van der Waals surface area contributed by atoms with E-state index in [2.05, 4.69) is 0 Å². The number of quaternary nitrogens is 1. The predicted molar refractivity (Wildman–Crippen MR) is 67.6 cm³/mol. The molecule has 0 saturated heterocycles. The Hall–Kier alpha value is -1.94. The number of rotatable bonds is 3. The highest BCUT2D eigenvalue weighted by Gasteiger charge is 1.98. The molecule has 3 nitrogen and oxygen atoms in total. The molecule has 17 heavy (non-hydrogen) atoms. The lowest BCUT2D eigenvalue weighted by molar-refractivity contribution is -0.991. The molecule has 0 aromatic heterocycles. The van der Waals surface area contributed by atoms with Crippen LogP contribution in [0.2, 0.25) is 0 Å². The minimum Gasteiger partial charge on any atom is -0.595 e. The molecule has 1 unspecified atom stereocenters. The maximum atomic E-state index is 10.8. The summed E-state index contributed by atoms with van der Waals surface area (Å²) in [6.07, 6.45) is 3.86. The summed E-state index contributed by atoms with van der Waals surface area (Å²) in [4.78, 5) is 0. The van der Waals surface area contributed by atoms with Gasteiger partial charge in [-0.3, -0.25) is 0 Å². The van der Waals surface area contributed by atoms with Crippen LogP contribution in [-0.4, -0.2) is 5.21 Å².